The van der Waals surface area contributed by atoms with Crippen molar-refractivity contribution >= 4 is 27.5 Å². The van der Waals surface area contributed by atoms with Crippen molar-refractivity contribution < 1.29 is 17.6 Å². The summed E-state index contributed by atoms with van der Waals surface area (Å²) in [5.41, 5.74) is -0.661. The summed E-state index contributed by atoms with van der Waals surface area (Å²) in [6.07, 6.45) is 0.0686. The molecule has 1 aliphatic rings. The van der Waals surface area contributed by atoms with E-state index in [2.05, 4.69) is 15.9 Å². The van der Waals surface area contributed by atoms with E-state index in [4.69, 9.17) is 11.6 Å². The molecule has 0 heterocycles. The first-order valence-electron chi connectivity index (χ1n) is 6.47. The molecule has 1 fully saturated rings. The van der Waals surface area contributed by atoms with Gasteiger partial charge in [-0.05, 0) is 49.1 Å². The van der Waals surface area contributed by atoms with Gasteiger partial charge in [-0.2, -0.15) is 0 Å². The standard InChI is InChI=1S/C14H14BrClF4/c15-6-7-1-3-8(4-2-7)9-5-10(17)12(16)13(18)11(9)14(19)20/h5,7-8,14H,1-4,6H2/t7-,8-. The summed E-state index contributed by atoms with van der Waals surface area (Å²) >= 11 is 8.79. The van der Waals surface area contributed by atoms with E-state index in [1.54, 1.807) is 0 Å². The fourth-order valence-corrected chi connectivity index (χ4v) is 3.62. The van der Waals surface area contributed by atoms with Crippen molar-refractivity contribution in [3.8, 4) is 0 Å². The summed E-state index contributed by atoms with van der Waals surface area (Å²) in [6, 6.07) is 0.978. The van der Waals surface area contributed by atoms with Crippen LogP contribution in [0.15, 0.2) is 6.07 Å². The molecule has 112 valence electrons. The van der Waals surface area contributed by atoms with Crippen LogP contribution in [0.1, 0.15) is 49.2 Å². The second-order valence-corrected chi connectivity index (χ2v) is 6.19. The number of hydrogen-bond donors (Lipinski definition) is 0. The molecule has 0 bridgehead atoms. The average Bonchev–Trinajstić information content (AvgIpc) is 2.44. The highest BCUT2D eigenvalue weighted by molar-refractivity contribution is 9.09. The van der Waals surface area contributed by atoms with Gasteiger partial charge in [-0.25, -0.2) is 17.6 Å². The maximum absolute atomic E-state index is 13.8. The molecular formula is C14H14BrClF4. The van der Waals surface area contributed by atoms with Gasteiger partial charge in [0.25, 0.3) is 6.43 Å². The SMILES string of the molecule is Fc1cc([C@H]2CC[C@H](CBr)CC2)c(C(F)F)c(F)c1Cl. The Balaban J connectivity index is 2.36. The van der Waals surface area contributed by atoms with Crippen LogP contribution in [0.4, 0.5) is 17.6 Å². The molecule has 6 heteroatoms. The third-order valence-electron chi connectivity index (χ3n) is 3.96. The molecular weight excluding hydrogens is 360 g/mol. The highest BCUT2D eigenvalue weighted by atomic mass is 79.9. The largest absolute Gasteiger partial charge is 0.267 e. The van der Waals surface area contributed by atoms with Gasteiger partial charge in [0, 0.05) is 5.33 Å². The average molecular weight is 374 g/mol. The summed E-state index contributed by atoms with van der Waals surface area (Å²) in [6.45, 7) is 0. The Bertz CT molecular complexity index is 485. The number of halogens is 6. The molecule has 0 atom stereocenters. The summed E-state index contributed by atoms with van der Waals surface area (Å²) in [4.78, 5) is 0. The minimum atomic E-state index is -2.99. The Hall–Kier alpha value is -0.290. The normalized spacial score (nSPS) is 23.4. The monoisotopic (exact) mass is 372 g/mol. The van der Waals surface area contributed by atoms with Gasteiger partial charge >= 0.3 is 0 Å². The highest BCUT2D eigenvalue weighted by Crippen LogP contribution is 2.42. The van der Waals surface area contributed by atoms with Crippen molar-refractivity contribution in [2.24, 2.45) is 5.92 Å². The molecule has 1 aliphatic carbocycles. The zero-order valence-corrected chi connectivity index (χ0v) is 13.0. The molecule has 0 aromatic heterocycles. The molecule has 20 heavy (non-hydrogen) atoms. The smallest absolute Gasteiger partial charge is 0.205 e. The number of alkyl halides is 3. The Morgan fingerprint density at radius 3 is 2.30 bits per heavy atom. The molecule has 1 aromatic carbocycles. The lowest BCUT2D eigenvalue weighted by atomic mass is 9.78. The van der Waals surface area contributed by atoms with E-state index in [0.717, 1.165) is 24.2 Å². The number of benzene rings is 1. The number of rotatable bonds is 3. The zero-order chi connectivity index (χ0) is 14.9. The van der Waals surface area contributed by atoms with E-state index in [0.29, 0.717) is 18.8 Å². The van der Waals surface area contributed by atoms with E-state index in [9.17, 15) is 17.6 Å². The molecule has 0 radical (unpaired) electrons. The van der Waals surface area contributed by atoms with Crippen molar-refractivity contribution in [3.05, 3.63) is 33.9 Å². The molecule has 0 nitrogen and oxygen atoms in total. The van der Waals surface area contributed by atoms with Crippen LogP contribution in [-0.2, 0) is 0 Å². The molecule has 0 aliphatic heterocycles. The summed E-state index contributed by atoms with van der Waals surface area (Å²) < 4.78 is 53.5. The van der Waals surface area contributed by atoms with E-state index in [-0.39, 0.29) is 11.5 Å². The van der Waals surface area contributed by atoms with Gasteiger partial charge in [-0.15, -0.1) is 0 Å². The van der Waals surface area contributed by atoms with Crippen molar-refractivity contribution in [1.29, 1.82) is 0 Å². The maximum Gasteiger partial charge on any atom is 0.267 e. The summed E-state index contributed by atoms with van der Waals surface area (Å²) in [5.74, 6) is -2.01. The molecule has 2 rings (SSSR count). The molecule has 0 amide bonds. The number of hydrogen-bond acceptors (Lipinski definition) is 0. The van der Waals surface area contributed by atoms with Gasteiger partial charge in [0.15, 0.2) is 5.82 Å². The third kappa shape index (κ3) is 3.14. The predicted octanol–water partition coefficient (Wildman–Crippen LogP) is 6.22. The quantitative estimate of drug-likeness (QED) is 0.335. The molecule has 0 spiro atoms. The van der Waals surface area contributed by atoms with Crippen LogP contribution >= 0.6 is 27.5 Å². The van der Waals surface area contributed by atoms with Gasteiger partial charge in [-0.1, -0.05) is 27.5 Å². The third-order valence-corrected chi connectivity index (χ3v) is 5.22. The van der Waals surface area contributed by atoms with Crippen LogP contribution in [0.5, 0.6) is 0 Å². The molecule has 1 saturated carbocycles. The lowest BCUT2D eigenvalue weighted by Crippen LogP contribution is -2.16. The first kappa shape index (κ1) is 16.1. The second-order valence-electron chi connectivity index (χ2n) is 5.16. The van der Waals surface area contributed by atoms with Crippen LogP contribution in [-0.4, -0.2) is 5.33 Å². The van der Waals surface area contributed by atoms with Crippen LogP contribution in [0.3, 0.4) is 0 Å². The van der Waals surface area contributed by atoms with E-state index in [1.807, 2.05) is 0 Å². The molecule has 1 aromatic rings. The fraction of sp³-hybridized carbons (Fsp3) is 0.571. The Morgan fingerprint density at radius 1 is 1.20 bits per heavy atom. The van der Waals surface area contributed by atoms with Gasteiger partial charge in [-0.3, -0.25) is 0 Å². The molecule has 0 unspecified atom stereocenters. The van der Waals surface area contributed by atoms with E-state index in [1.165, 1.54) is 0 Å². The van der Waals surface area contributed by atoms with Crippen molar-refractivity contribution in [2.75, 3.05) is 5.33 Å². The fourth-order valence-electron chi connectivity index (χ4n) is 2.81. The van der Waals surface area contributed by atoms with Gasteiger partial charge < -0.3 is 0 Å². The Morgan fingerprint density at radius 2 is 1.80 bits per heavy atom. The summed E-state index contributed by atoms with van der Waals surface area (Å²) in [5, 5.41) is 0.0169. The molecule has 0 saturated heterocycles. The predicted molar refractivity (Wildman–Crippen MR) is 74.8 cm³/mol. The summed E-state index contributed by atoms with van der Waals surface area (Å²) in [7, 11) is 0. The van der Waals surface area contributed by atoms with Crippen LogP contribution in [0, 0.1) is 17.6 Å². The van der Waals surface area contributed by atoms with Gasteiger partial charge in [0.2, 0.25) is 0 Å². The van der Waals surface area contributed by atoms with E-state index >= 15 is 0 Å². The molecule has 0 N–H and O–H groups in total. The minimum absolute atomic E-state index is 0.0763. The second kappa shape index (κ2) is 6.65. The lowest BCUT2D eigenvalue weighted by molar-refractivity contribution is 0.143. The Labute approximate surface area is 128 Å². The Kier molecular flexibility index (Phi) is 5.35. The van der Waals surface area contributed by atoms with Crippen molar-refractivity contribution in [1.82, 2.24) is 0 Å². The van der Waals surface area contributed by atoms with Crippen LogP contribution < -0.4 is 0 Å². The first-order valence-corrected chi connectivity index (χ1v) is 7.97. The van der Waals surface area contributed by atoms with E-state index < -0.39 is 28.6 Å². The first-order chi connectivity index (χ1) is 9.45. The zero-order valence-electron chi connectivity index (χ0n) is 10.6. The van der Waals surface area contributed by atoms with Gasteiger partial charge in [0.1, 0.15) is 10.8 Å². The minimum Gasteiger partial charge on any atom is -0.205 e. The van der Waals surface area contributed by atoms with Crippen molar-refractivity contribution in [2.45, 2.75) is 38.0 Å². The highest BCUT2D eigenvalue weighted by Gasteiger charge is 2.30. The topological polar surface area (TPSA) is 0 Å². The van der Waals surface area contributed by atoms with Crippen LogP contribution in [0.2, 0.25) is 5.02 Å². The van der Waals surface area contributed by atoms with Gasteiger partial charge in [0.05, 0.1) is 5.56 Å². The maximum atomic E-state index is 13.8. The van der Waals surface area contributed by atoms with Crippen LogP contribution in [0.25, 0.3) is 0 Å². The lowest BCUT2D eigenvalue weighted by Gasteiger charge is -2.29. The van der Waals surface area contributed by atoms with Crippen molar-refractivity contribution in [3.63, 3.8) is 0 Å².